The van der Waals surface area contributed by atoms with Crippen LogP contribution in [0.5, 0.6) is 11.5 Å². The second-order valence-electron chi connectivity index (χ2n) is 18.7. The number of nitrogens with one attached hydrogen (secondary N) is 1. The molecule has 0 saturated heterocycles. The molecule has 8 nitrogen and oxygen atoms in total. The standard InChI is InChI=1S/C50H53ClN6O2/c1-47(2,3)37-25-34(27-43(45(37)58)57-54-41-23-22-36(51)29-42(41)55-57)48(4,5)30-31-16-15-19-33(24-31)50(8,9)38-26-35(49(6,7)32-17-11-10-12-18-32)28-44(46(38)59)56-52-39-20-13-14-21-40(39)53-56/h10-29,41,54,58-59H,30H2,1-9H3. The number of hydrogen-bond acceptors (Lipinski definition) is 7. The van der Waals surface area contributed by atoms with Crippen LogP contribution in [0, 0.1) is 0 Å². The van der Waals surface area contributed by atoms with Gasteiger partial charge in [0.2, 0.25) is 0 Å². The number of hydrazone groups is 1. The van der Waals surface area contributed by atoms with Crippen molar-refractivity contribution in [2.75, 3.05) is 5.12 Å². The number of phenols is 2. The summed E-state index contributed by atoms with van der Waals surface area (Å²) in [4.78, 5) is 1.57. The molecule has 2 heterocycles. The van der Waals surface area contributed by atoms with Gasteiger partial charge >= 0.3 is 0 Å². The summed E-state index contributed by atoms with van der Waals surface area (Å²) < 4.78 is 0. The number of aromatic hydroxyl groups is 2. The van der Waals surface area contributed by atoms with Crippen molar-refractivity contribution in [3.63, 3.8) is 0 Å². The highest BCUT2D eigenvalue weighted by Gasteiger charge is 2.35. The van der Waals surface area contributed by atoms with Crippen LogP contribution in [0.2, 0.25) is 0 Å². The Balaban J connectivity index is 1.18. The van der Waals surface area contributed by atoms with Gasteiger partial charge in [0.1, 0.15) is 33.9 Å². The van der Waals surface area contributed by atoms with E-state index in [2.05, 4.69) is 128 Å². The molecule has 59 heavy (non-hydrogen) atoms. The van der Waals surface area contributed by atoms with Gasteiger partial charge < -0.3 is 10.2 Å². The molecule has 3 N–H and O–H groups in total. The molecule has 0 radical (unpaired) electrons. The van der Waals surface area contributed by atoms with Gasteiger partial charge in [0.05, 0.1) is 11.8 Å². The number of nitrogens with zero attached hydrogens (tertiary/aromatic N) is 5. The van der Waals surface area contributed by atoms with E-state index in [1.165, 1.54) is 5.56 Å². The van der Waals surface area contributed by atoms with Gasteiger partial charge in [-0.3, -0.25) is 0 Å². The number of halogens is 1. The first-order valence-electron chi connectivity index (χ1n) is 20.3. The van der Waals surface area contributed by atoms with Crippen LogP contribution in [0.15, 0.2) is 131 Å². The van der Waals surface area contributed by atoms with Gasteiger partial charge in [-0.15, -0.1) is 15.0 Å². The lowest BCUT2D eigenvalue weighted by atomic mass is 9.71. The number of aromatic nitrogens is 3. The second kappa shape index (κ2) is 14.5. The van der Waals surface area contributed by atoms with E-state index >= 15 is 0 Å². The number of rotatable bonds is 9. The summed E-state index contributed by atoms with van der Waals surface area (Å²) in [5.41, 5.74) is 12.3. The van der Waals surface area contributed by atoms with Crippen LogP contribution in [0.3, 0.4) is 0 Å². The molecule has 1 aromatic heterocycles. The maximum Gasteiger partial charge on any atom is 0.147 e. The van der Waals surface area contributed by atoms with Crippen molar-refractivity contribution in [2.24, 2.45) is 5.10 Å². The number of benzene rings is 5. The van der Waals surface area contributed by atoms with Crippen molar-refractivity contribution in [3.8, 4) is 17.2 Å². The highest BCUT2D eigenvalue weighted by atomic mass is 35.5. The Morgan fingerprint density at radius 2 is 1.25 bits per heavy atom. The molecule has 8 rings (SSSR count). The minimum Gasteiger partial charge on any atom is -0.505 e. The van der Waals surface area contributed by atoms with Gasteiger partial charge in [-0.1, -0.05) is 159 Å². The van der Waals surface area contributed by atoms with E-state index in [4.69, 9.17) is 26.9 Å². The van der Waals surface area contributed by atoms with Crippen LogP contribution in [-0.4, -0.2) is 37.0 Å². The van der Waals surface area contributed by atoms with Crippen LogP contribution in [0.25, 0.3) is 16.7 Å². The lowest BCUT2D eigenvalue weighted by Gasteiger charge is -2.33. The molecule has 0 bridgehead atoms. The van der Waals surface area contributed by atoms with E-state index in [1.54, 1.807) is 9.91 Å². The lowest BCUT2D eigenvalue weighted by Crippen LogP contribution is -2.37. The summed E-state index contributed by atoms with van der Waals surface area (Å²) in [7, 11) is 0. The molecular formula is C50H53ClN6O2. The monoisotopic (exact) mass is 804 g/mol. The summed E-state index contributed by atoms with van der Waals surface area (Å²) in [6.45, 7) is 19.6. The van der Waals surface area contributed by atoms with E-state index in [0.717, 1.165) is 56.5 Å². The Morgan fingerprint density at radius 3 is 1.93 bits per heavy atom. The zero-order valence-corrected chi connectivity index (χ0v) is 36.1. The van der Waals surface area contributed by atoms with E-state index < -0.39 is 10.8 Å². The molecule has 1 atom stereocenters. The van der Waals surface area contributed by atoms with Crippen molar-refractivity contribution in [1.82, 2.24) is 20.4 Å². The molecular weight excluding hydrogens is 752 g/mol. The summed E-state index contributed by atoms with van der Waals surface area (Å²) in [5, 5.41) is 40.7. The average molecular weight is 805 g/mol. The van der Waals surface area contributed by atoms with Crippen molar-refractivity contribution in [2.45, 2.75) is 96.4 Å². The molecule has 9 heteroatoms. The highest BCUT2D eigenvalue weighted by Crippen LogP contribution is 2.46. The molecule has 6 aromatic rings. The number of hydrogen-bond donors (Lipinski definition) is 3. The molecule has 0 amide bonds. The predicted molar refractivity (Wildman–Crippen MR) is 241 cm³/mol. The van der Waals surface area contributed by atoms with Crippen LogP contribution in [-0.2, 0) is 28.1 Å². The topological polar surface area (TPSA) is 98.8 Å². The summed E-state index contributed by atoms with van der Waals surface area (Å²) in [6, 6.07) is 35.2. The first kappa shape index (κ1) is 40.1. The average Bonchev–Trinajstić information content (AvgIpc) is 3.82. The molecule has 0 fully saturated rings. The minimum atomic E-state index is -0.622. The van der Waals surface area contributed by atoms with Gasteiger partial charge in [-0.2, -0.15) is 15.6 Å². The first-order chi connectivity index (χ1) is 27.8. The highest BCUT2D eigenvalue weighted by molar-refractivity contribution is 6.33. The van der Waals surface area contributed by atoms with Crippen molar-refractivity contribution in [1.29, 1.82) is 0 Å². The molecule has 2 aliphatic rings. The van der Waals surface area contributed by atoms with E-state index in [0.29, 0.717) is 16.4 Å². The third-order valence-electron chi connectivity index (χ3n) is 12.2. The van der Waals surface area contributed by atoms with Crippen LogP contribution in [0.4, 0.5) is 5.69 Å². The smallest absolute Gasteiger partial charge is 0.147 e. The van der Waals surface area contributed by atoms with Crippen LogP contribution in [0.1, 0.15) is 101 Å². The van der Waals surface area contributed by atoms with Gasteiger partial charge in [0.25, 0.3) is 0 Å². The normalized spacial score (nSPS) is 16.0. The SMILES string of the molecule is CC(C)(C)c1cc(C(C)(C)Cc2cccc(C(C)(C)c3cc(C(C)(C)c4ccccc4)cc(-n4nc5ccccc5n4)c3O)c2)cc(N2N=C3C=C(Cl)C=CC3N2)c1O. The molecule has 5 aromatic carbocycles. The third-order valence-corrected chi connectivity index (χ3v) is 12.4. The Morgan fingerprint density at radius 1 is 0.644 bits per heavy atom. The van der Waals surface area contributed by atoms with Gasteiger partial charge in [-0.05, 0) is 81.5 Å². The molecule has 0 saturated carbocycles. The Bertz CT molecular complexity index is 2650. The van der Waals surface area contributed by atoms with Crippen LogP contribution < -0.4 is 10.5 Å². The van der Waals surface area contributed by atoms with Crippen molar-refractivity contribution >= 4 is 34.0 Å². The molecule has 302 valence electrons. The summed E-state index contributed by atoms with van der Waals surface area (Å²) >= 11 is 6.31. The van der Waals surface area contributed by atoms with Gasteiger partial charge in [0.15, 0.2) is 0 Å². The Labute approximate surface area is 352 Å². The van der Waals surface area contributed by atoms with E-state index in [-0.39, 0.29) is 28.4 Å². The summed E-state index contributed by atoms with van der Waals surface area (Å²) in [5.74, 6) is 0.345. The quantitative estimate of drug-likeness (QED) is 0.135. The first-order valence-corrected chi connectivity index (χ1v) is 20.6. The van der Waals surface area contributed by atoms with E-state index in [9.17, 15) is 10.2 Å². The predicted octanol–water partition coefficient (Wildman–Crippen LogP) is 11.0. The minimum absolute atomic E-state index is 0.131. The molecule has 1 unspecified atom stereocenters. The fraction of sp³-hybridized carbons (Fsp3) is 0.300. The zero-order valence-electron chi connectivity index (χ0n) is 35.3. The number of phenolic OH excluding ortho intramolecular Hbond substituents is 2. The maximum atomic E-state index is 12.3. The third kappa shape index (κ3) is 7.45. The largest absolute Gasteiger partial charge is 0.505 e. The fourth-order valence-electron chi connectivity index (χ4n) is 8.34. The zero-order chi connectivity index (χ0) is 42.1. The second-order valence-corrected chi connectivity index (χ2v) is 19.2. The van der Waals surface area contributed by atoms with Crippen LogP contribution >= 0.6 is 11.6 Å². The number of allylic oxidation sites excluding steroid dienone is 2. The molecule has 1 aliphatic carbocycles. The number of fused-ring (bicyclic) bond motifs is 2. The Hall–Kier alpha value is -5.70. The van der Waals surface area contributed by atoms with Gasteiger partial charge in [-0.25, -0.2) is 0 Å². The molecule has 0 spiro atoms. The number of hydrazine groups is 1. The maximum absolute atomic E-state index is 12.3. The number of anilines is 1. The van der Waals surface area contributed by atoms with Crippen molar-refractivity contribution in [3.05, 3.63) is 165 Å². The lowest BCUT2D eigenvalue weighted by molar-refractivity contribution is 0.440. The fourth-order valence-corrected chi connectivity index (χ4v) is 8.53. The molecule has 1 aliphatic heterocycles. The Kier molecular flexibility index (Phi) is 9.88. The summed E-state index contributed by atoms with van der Waals surface area (Å²) in [6.07, 6.45) is 6.40. The van der Waals surface area contributed by atoms with Gasteiger partial charge in [0, 0.05) is 27.0 Å². The van der Waals surface area contributed by atoms with E-state index in [1.807, 2.05) is 60.7 Å². The van der Waals surface area contributed by atoms with Crippen molar-refractivity contribution < 1.29 is 10.2 Å².